The first-order valence-corrected chi connectivity index (χ1v) is 9.79. The van der Waals surface area contributed by atoms with Gasteiger partial charge < -0.3 is 4.74 Å². The molecular weight excluding hydrogens is 411 g/mol. The van der Waals surface area contributed by atoms with E-state index in [1.165, 1.54) is 48.5 Å². The zero-order valence-electron chi connectivity index (χ0n) is 13.6. The zero-order chi connectivity index (χ0) is 19.6. The summed E-state index contributed by atoms with van der Waals surface area (Å²) in [5, 5.41) is 0.677. The van der Waals surface area contributed by atoms with E-state index in [-0.39, 0.29) is 27.0 Å². The fourth-order valence-electron chi connectivity index (χ4n) is 2.38. The summed E-state index contributed by atoms with van der Waals surface area (Å²) >= 11 is 12.0. The molecule has 5 nitrogen and oxygen atoms in total. The van der Waals surface area contributed by atoms with Crippen LogP contribution in [0.1, 0.15) is 15.9 Å². The number of halogens is 2. The highest BCUT2D eigenvalue weighted by atomic mass is 35.5. The maximum atomic E-state index is 12.6. The Morgan fingerprint density at radius 1 is 0.926 bits per heavy atom. The molecule has 138 valence electrons. The van der Waals surface area contributed by atoms with E-state index in [0.717, 1.165) is 0 Å². The first kappa shape index (κ1) is 19.4. The standard InChI is InChI=1S/C19H12Cl2O5S/c20-13-7-10-16(21)15(11-13)19(22)12-5-8-14(9-6-12)26-17-3-1-2-4-18(17)27(23,24)25/h1-11H,(H,23,24,25). The van der Waals surface area contributed by atoms with Gasteiger partial charge in [0.25, 0.3) is 10.1 Å². The maximum absolute atomic E-state index is 12.6. The SMILES string of the molecule is O=C(c1ccc(Oc2ccccc2S(=O)(=O)O)cc1)c1cc(Cl)ccc1Cl. The molecule has 1 N–H and O–H groups in total. The molecule has 0 aliphatic rings. The Kier molecular flexibility index (Phi) is 5.53. The molecule has 27 heavy (non-hydrogen) atoms. The molecule has 3 rings (SSSR count). The molecule has 0 radical (unpaired) electrons. The summed E-state index contributed by atoms with van der Waals surface area (Å²) in [4.78, 5) is 12.2. The summed E-state index contributed by atoms with van der Waals surface area (Å²) in [5.74, 6) is -0.0517. The number of hydrogen-bond acceptors (Lipinski definition) is 4. The molecule has 0 amide bonds. The highest BCUT2D eigenvalue weighted by Gasteiger charge is 2.17. The van der Waals surface area contributed by atoms with Crippen molar-refractivity contribution >= 4 is 39.1 Å². The lowest BCUT2D eigenvalue weighted by Crippen LogP contribution is -2.03. The van der Waals surface area contributed by atoms with E-state index in [4.69, 9.17) is 27.9 Å². The van der Waals surface area contributed by atoms with E-state index in [9.17, 15) is 17.8 Å². The van der Waals surface area contributed by atoms with Crippen molar-refractivity contribution in [3.63, 3.8) is 0 Å². The van der Waals surface area contributed by atoms with Crippen LogP contribution in [0, 0.1) is 0 Å². The summed E-state index contributed by atoms with van der Waals surface area (Å²) in [6, 6.07) is 16.3. The van der Waals surface area contributed by atoms with Crippen molar-refractivity contribution in [2.24, 2.45) is 0 Å². The Bertz CT molecular complexity index is 1110. The van der Waals surface area contributed by atoms with Gasteiger partial charge in [-0.05, 0) is 54.6 Å². The zero-order valence-corrected chi connectivity index (χ0v) is 15.9. The fraction of sp³-hybridized carbons (Fsp3) is 0. The molecule has 0 unspecified atom stereocenters. The van der Waals surface area contributed by atoms with Crippen LogP contribution >= 0.6 is 23.2 Å². The average molecular weight is 423 g/mol. The second-order valence-corrected chi connectivity index (χ2v) is 7.74. The van der Waals surface area contributed by atoms with Crippen molar-refractivity contribution in [1.29, 1.82) is 0 Å². The van der Waals surface area contributed by atoms with Crippen LogP contribution in [-0.4, -0.2) is 18.8 Å². The van der Waals surface area contributed by atoms with Gasteiger partial charge in [0.1, 0.15) is 16.4 Å². The first-order valence-electron chi connectivity index (χ1n) is 7.60. The van der Waals surface area contributed by atoms with Crippen LogP contribution in [-0.2, 0) is 10.1 Å². The monoisotopic (exact) mass is 422 g/mol. The molecule has 8 heteroatoms. The predicted octanol–water partition coefficient (Wildman–Crippen LogP) is 5.26. The molecule has 0 aromatic heterocycles. The number of rotatable bonds is 5. The van der Waals surface area contributed by atoms with Gasteiger partial charge in [-0.2, -0.15) is 8.42 Å². The van der Waals surface area contributed by atoms with Crippen molar-refractivity contribution in [3.05, 3.63) is 87.9 Å². The van der Waals surface area contributed by atoms with Gasteiger partial charge >= 0.3 is 0 Å². The second-order valence-electron chi connectivity index (χ2n) is 5.50. The van der Waals surface area contributed by atoms with E-state index in [1.807, 2.05) is 0 Å². The summed E-state index contributed by atoms with van der Waals surface area (Å²) in [6.07, 6.45) is 0. The molecule has 3 aromatic carbocycles. The fourth-order valence-corrected chi connectivity index (χ4v) is 3.37. The highest BCUT2D eigenvalue weighted by Crippen LogP contribution is 2.29. The Hall–Kier alpha value is -2.38. The van der Waals surface area contributed by atoms with Gasteiger partial charge in [0.2, 0.25) is 0 Å². The van der Waals surface area contributed by atoms with Gasteiger partial charge in [-0.1, -0.05) is 35.3 Å². The Morgan fingerprint density at radius 3 is 2.26 bits per heavy atom. The Balaban J connectivity index is 1.87. The quantitative estimate of drug-likeness (QED) is 0.447. The number of para-hydroxylation sites is 1. The van der Waals surface area contributed by atoms with Crippen molar-refractivity contribution in [2.75, 3.05) is 0 Å². The van der Waals surface area contributed by atoms with Crippen LogP contribution in [0.25, 0.3) is 0 Å². The van der Waals surface area contributed by atoms with E-state index in [2.05, 4.69) is 0 Å². The number of carbonyl (C=O) groups is 1. The molecule has 0 bridgehead atoms. The Labute approximate surface area is 165 Å². The molecule has 0 atom stereocenters. The minimum absolute atomic E-state index is 0.0306. The lowest BCUT2D eigenvalue weighted by atomic mass is 10.0. The second kappa shape index (κ2) is 7.70. The third kappa shape index (κ3) is 4.48. The third-order valence-electron chi connectivity index (χ3n) is 3.64. The number of benzene rings is 3. The van der Waals surface area contributed by atoms with Gasteiger partial charge in [0.05, 0.1) is 5.02 Å². The summed E-state index contributed by atoms with van der Waals surface area (Å²) < 4.78 is 37.6. The topological polar surface area (TPSA) is 80.7 Å². The van der Waals surface area contributed by atoms with Gasteiger partial charge in [-0.3, -0.25) is 9.35 Å². The predicted molar refractivity (Wildman–Crippen MR) is 103 cm³/mol. The van der Waals surface area contributed by atoms with Crippen molar-refractivity contribution < 1.29 is 22.5 Å². The molecule has 0 saturated carbocycles. The van der Waals surface area contributed by atoms with Gasteiger partial charge in [-0.25, -0.2) is 0 Å². The Morgan fingerprint density at radius 2 is 1.59 bits per heavy atom. The van der Waals surface area contributed by atoms with Gasteiger partial charge in [0, 0.05) is 16.1 Å². The molecule has 3 aromatic rings. The van der Waals surface area contributed by atoms with E-state index in [0.29, 0.717) is 16.3 Å². The molecule has 0 aliphatic heterocycles. The third-order valence-corrected chi connectivity index (χ3v) is 5.10. The van der Waals surface area contributed by atoms with Crippen LogP contribution < -0.4 is 4.74 Å². The maximum Gasteiger partial charge on any atom is 0.298 e. The minimum atomic E-state index is -4.43. The normalized spacial score (nSPS) is 11.2. The molecule has 0 heterocycles. The van der Waals surface area contributed by atoms with Gasteiger partial charge in [0.15, 0.2) is 5.78 Å². The van der Waals surface area contributed by atoms with E-state index < -0.39 is 10.1 Å². The molecular formula is C19H12Cl2O5S. The molecule has 0 aliphatic carbocycles. The highest BCUT2D eigenvalue weighted by molar-refractivity contribution is 7.86. The van der Waals surface area contributed by atoms with Crippen LogP contribution in [0.2, 0.25) is 10.0 Å². The van der Waals surface area contributed by atoms with Crippen LogP contribution in [0.15, 0.2) is 71.6 Å². The van der Waals surface area contributed by atoms with E-state index >= 15 is 0 Å². The average Bonchev–Trinajstić information content (AvgIpc) is 2.63. The van der Waals surface area contributed by atoms with E-state index in [1.54, 1.807) is 18.2 Å². The van der Waals surface area contributed by atoms with Crippen molar-refractivity contribution in [1.82, 2.24) is 0 Å². The molecule has 0 spiro atoms. The van der Waals surface area contributed by atoms with Crippen LogP contribution in [0.5, 0.6) is 11.5 Å². The lowest BCUT2D eigenvalue weighted by Gasteiger charge is -2.10. The van der Waals surface area contributed by atoms with Crippen molar-refractivity contribution in [3.8, 4) is 11.5 Å². The van der Waals surface area contributed by atoms with Crippen LogP contribution in [0.4, 0.5) is 0 Å². The summed E-state index contributed by atoms with van der Waals surface area (Å²) in [5.41, 5.74) is 0.629. The number of hydrogen-bond donors (Lipinski definition) is 1. The first-order chi connectivity index (χ1) is 12.8. The number of carbonyl (C=O) groups excluding carboxylic acids is 1. The number of ether oxygens (including phenoxy) is 1. The largest absolute Gasteiger partial charge is 0.456 e. The summed E-state index contributed by atoms with van der Waals surface area (Å²) in [6.45, 7) is 0. The summed E-state index contributed by atoms with van der Waals surface area (Å²) in [7, 11) is -4.43. The molecule has 0 fully saturated rings. The van der Waals surface area contributed by atoms with Crippen LogP contribution in [0.3, 0.4) is 0 Å². The number of ketones is 1. The lowest BCUT2D eigenvalue weighted by molar-refractivity contribution is 0.103. The smallest absolute Gasteiger partial charge is 0.298 e. The van der Waals surface area contributed by atoms with Crippen molar-refractivity contribution in [2.45, 2.75) is 4.90 Å². The molecule has 0 saturated heterocycles. The van der Waals surface area contributed by atoms with Gasteiger partial charge in [-0.15, -0.1) is 0 Å². The minimum Gasteiger partial charge on any atom is -0.456 e.